The van der Waals surface area contributed by atoms with Gasteiger partial charge in [-0.1, -0.05) is 6.07 Å². The van der Waals surface area contributed by atoms with Crippen molar-refractivity contribution in [3.8, 4) is 10.6 Å². The SMILES string of the molecule is CCOC(=O)c1cc(-c2ncccc2C)sc1N. The van der Waals surface area contributed by atoms with Gasteiger partial charge in [0.05, 0.1) is 22.7 Å². The van der Waals surface area contributed by atoms with Gasteiger partial charge in [0.15, 0.2) is 0 Å². The summed E-state index contributed by atoms with van der Waals surface area (Å²) >= 11 is 1.35. The normalized spacial score (nSPS) is 10.3. The van der Waals surface area contributed by atoms with Crippen LogP contribution in [0.2, 0.25) is 0 Å². The highest BCUT2D eigenvalue weighted by atomic mass is 32.1. The van der Waals surface area contributed by atoms with Gasteiger partial charge in [-0.3, -0.25) is 4.98 Å². The number of hydrogen-bond acceptors (Lipinski definition) is 5. The smallest absolute Gasteiger partial charge is 0.341 e. The number of thiophene rings is 1. The minimum atomic E-state index is -0.383. The molecule has 2 aromatic rings. The number of pyridine rings is 1. The van der Waals surface area contributed by atoms with Gasteiger partial charge in [-0.05, 0) is 31.5 Å². The quantitative estimate of drug-likeness (QED) is 0.864. The monoisotopic (exact) mass is 262 g/mol. The second-order valence-corrected chi connectivity index (χ2v) is 4.86. The molecule has 2 heterocycles. The minimum Gasteiger partial charge on any atom is -0.462 e. The number of aromatic nitrogens is 1. The summed E-state index contributed by atoms with van der Waals surface area (Å²) in [4.78, 5) is 16.9. The van der Waals surface area contributed by atoms with E-state index in [-0.39, 0.29) is 5.97 Å². The van der Waals surface area contributed by atoms with Crippen LogP contribution in [0.4, 0.5) is 5.00 Å². The lowest BCUT2D eigenvalue weighted by Gasteiger charge is -2.00. The topological polar surface area (TPSA) is 65.2 Å². The van der Waals surface area contributed by atoms with Gasteiger partial charge in [0.25, 0.3) is 0 Å². The van der Waals surface area contributed by atoms with Crippen molar-refractivity contribution in [1.29, 1.82) is 0 Å². The molecule has 0 spiro atoms. The molecule has 0 radical (unpaired) electrons. The van der Waals surface area contributed by atoms with Crippen molar-refractivity contribution in [2.24, 2.45) is 0 Å². The number of esters is 1. The Kier molecular flexibility index (Phi) is 3.62. The molecule has 2 N–H and O–H groups in total. The fourth-order valence-corrected chi connectivity index (χ4v) is 2.61. The molecule has 0 aliphatic carbocycles. The van der Waals surface area contributed by atoms with Crippen molar-refractivity contribution < 1.29 is 9.53 Å². The molecule has 5 heteroatoms. The standard InChI is InChI=1S/C13H14N2O2S/c1-3-17-13(16)9-7-10(18-12(9)14)11-8(2)5-4-6-15-11/h4-7H,3,14H2,1-2H3. The zero-order valence-electron chi connectivity index (χ0n) is 10.3. The van der Waals surface area contributed by atoms with Gasteiger partial charge >= 0.3 is 5.97 Å². The summed E-state index contributed by atoms with van der Waals surface area (Å²) in [6.45, 7) is 4.08. The lowest BCUT2D eigenvalue weighted by Crippen LogP contribution is -2.05. The van der Waals surface area contributed by atoms with Crippen molar-refractivity contribution in [3.63, 3.8) is 0 Å². The second kappa shape index (κ2) is 5.18. The van der Waals surface area contributed by atoms with Gasteiger partial charge in [-0.2, -0.15) is 0 Å². The molecule has 94 valence electrons. The molecular formula is C13H14N2O2S. The maximum Gasteiger partial charge on any atom is 0.341 e. The van der Waals surface area contributed by atoms with Gasteiger partial charge in [-0.25, -0.2) is 4.79 Å². The van der Waals surface area contributed by atoms with Gasteiger partial charge in [0.2, 0.25) is 0 Å². The molecule has 0 aliphatic rings. The Balaban J connectivity index is 2.41. The predicted octanol–water partition coefficient (Wildman–Crippen LogP) is 2.88. The van der Waals surface area contributed by atoms with E-state index in [2.05, 4.69) is 4.98 Å². The zero-order chi connectivity index (χ0) is 13.1. The van der Waals surface area contributed by atoms with Gasteiger partial charge in [-0.15, -0.1) is 11.3 Å². The number of carbonyl (C=O) groups is 1. The van der Waals surface area contributed by atoms with E-state index in [4.69, 9.17) is 10.5 Å². The molecule has 2 rings (SSSR count). The third-order valence-corrected chi connectivity index (χ3v) is 3.47. The molecule has 0 atom stereocenters. The number of carbonyl (C=O) groups excluding carboxylic acids is 1. The highest BCUT2D eigenvalue weighted by Crippen LogP contribution is 2.34. The lowest BCUT2D eigenvalue weighted by molar-refractivity contribution is 0.0528. The molecule has 0 aliphatic heterocycles. The van der Waals surface area contributed by atoms with Crippen LogP contribution in [0.3, 0.4) is 0 Å². The second-order valence-electron chi connectivity index (χ2n) is 3.78. The van der Waals surface area contributed by atoms with Crippen molar-refractivity contribution in [2.45, 2.75) is 13.8 Å². The third kappa shape index (κ3) is 2.36. The summed E-state index contributed by atoms with van der Waals surface area (Å²) in [6.07, 6.45) is 1.72. The van der Waals surface area contributed by atoms with Crippen LogP contribution >= 0.6 is 11.3 Å². The maximum atomic E-state index is 11.7. The molecule has 0 saturated carbocycles. The fraction of sp³-hybridized carbons (Fsp3) is 0.231. The molecule has 4 nitrogen and oxygen atoms in total. The number of ether oxygens (including phenoxy) is 1. The summed E-state index contributed by atoms with van der Waals surface area (Å²) in [6, 6.07) is 5.59. The molecule has 0 fully saturated rings. The average molecular weight is 262 g/mol. The number of nitrogens with two attached hydrogens (primary N) is 1. The Morgan fingerprint density at radius 3 is 3.00 bits per heavy atom. The number of rotatable bonds is 3. The summed E-state index contributed by atoms with van der Waals surface area (Å²) in [5.74, 6) is -0.383. The maximum absolute atomic E-state index is 11.7. The zero-order valence-corrected chi connectivity index (χ0v) is 11.1. The first-order chi connectivity index (χ1) is 8.63. The van der Waals surface area contributed by atoms with E-state index < -0.39 is 0 Å². The Morgan fingerprint density at radius 1 is 1.56 bits per heavy atom. The van der Waals surface area contributed by atoms with E-state index in [1.165, 1.54) is 11.3 Å². The first kappa shape index (κ1) is 12.6. The Morgan fingerprint density at radius 2 is 2.33 bits per heavy atom. The molecule has 0 saturated heterocycles. The third-order valence-electron chi connectivity index (χ3n) is 2.50. The first-order valence-corrected chi connectivity index (χ1v) is 6.43. The molecule has 0 aromatic carbocycles. The Bertz CT molecular complexity index is 578. The minimum absolute atomic E-state index is 0.339. The van der Waals surface area contributed by atoms with Crippen LogP contribution in [0.5, 0.6) is 0 Å². The highest BCUT2D eigenvalue weighted by molar-refractivity contribution is 7.19. The highest BCUT2D eigenvalue weighted by Gasteiger charge is 2.17. The van der Waals surface area contributed by atoms with E-state index in [1.807, 2.05) is 19.1 Å². The Labute approximate surface area is 109 Å². The van der Waals surface area contributed by atoms with Gasteiger partial charge in [0.1, 0.15) is 5.00 Å². The van der Waals surface area contributed by atoms with Crippen LogP contribution < -0.4 is 5.73 Å². The van der Waals surface area contributed by atoms with E-state index in [0.29, 0.717) is 17.2 Å². The van der Waals surface area contributed by atoms with Crippen LogP contribution in [0.15, 0.2) is 24.4 Å². The predicted molar refractivity (Wildman–Crippen MR) is 72.7 cm³/mol. The number of aryl methyl sites for hydroxylation is 1. The van der Waals surface area contributed by atoms with Crippen molar-refractivity contribution in [3.05, 3.63) is 35.5 Å². The summed E-state index contributed by atoms with van der Waals surface area (Å²) in [7, 11) is 0. The average Bonchev–Trinajstić information content (AvgIpc) is 2.72. The number of anilines is 1. The van der Waals surface area contributed by atoms with Crippen LogP contribution in [0.25, 0.3) is 10.6 Å². The van der Waals surface area contributed by atoms with E-state index in [9.17, 15) is 4.79 Å². The van der Waals surface area contributed by atoms with Crippen LogP contribution in [-0.4, -0.2) is 17.6 Å². The number of nitrogens with zero attached hydrogens (tertiary/aromatic N) is 1. The molecule has 2 aromatic heterocycles. The fourth-order valence-electron chi connectivity index (χ4n) is 1.63. The molecule has 0 unspecified atom stereocenters. The van der Waals surface area contributed by atoms with E-state index in [0.717, 1.165) is 16.1 Å². The van der Waals surface area contributed by atoms with Gasteiger partial charge in [0, 0.05) is 6.20 Å². The van der Waals surface area contributed by atoms with Crippen LogP contribution in [0, 0.1) is 6.92 Å². The van der Waals surface area contributed by atoms with E-state index >= 15 is 0 Å². The van der Waals surface area contributed by atoms with Crippen molar-refractivity contribution in [2.75, 3.05) is 12.3 Å². The number of hydrogen-bond donors (Lipinski definition) is 1. The van der Waals surface area contributed by atoms with Crippen molar-refractivity contribution in [1.82, 2.24) is 4.98 Å². The lowest BCUT2D eigenvalue weighted by atomic mass is 10.2. The van der Waals surface area contributed by atoms with E-state index in [1.54, 1.807) is 19.2 Å². The van der Waals surface area contributed by atoms with Gasteiger partial charge < -0.3 is 10.5 Å². The van der Waals surface area contributed by atoms with Crippen LogP contribution in [-0.2, 0) is 4.74 Å². The summed E-state index contributed by atoms with van der Waals surface area (Å²) in [5.41, 5.74) is 8.17. The van der Waals surface area contributed by atoms with Crippen LogP contribution in [0.1, 0.15) is 22.8 Å². The summed E-state index contributed by atoms with van der Waals surface area (Å²) < 4.78 is 4.96. The Hall–Kier alpha value is -1.88. The molecule has 0 bridgehead atoms. The molecule has 0 amide bonds. The van der Waals surface area contributed by atoms with Crippen molar-refractivity contribution >= 4 is 22.3 Å². The largest absolute Gasteiger partial charge is 0.462 e. The summed E-state index contributed by atoms with van der Waals surface area (Å²) in [5, 5.41) is 0.466. The molecular weight excluding hydrogens is 248 g/mol. The number of nitrogen functional groups attached to an aromatic ring is 1. The first-order valence-electron chi connectivity index (χ1n) is 5.62. The molecule has 18 heavy (non-hydrogen) atoms.